The molecule has 0 aromatic heterocycles. The van der Waals surface area contributed by atoms with Gasteiger partial charge in [0.2, 0.25) is 0 Å². The molecule has 6 fully saturated rings. The van der Waals surface area contributed by atoms with E-state index in [1.54, 1.807) is 41.5 Å². The SMILES string of the molecule is CCC(=O)O[C@]1(C(=O)CCl)[C@@H](C)C[C@H]2[C@@H]3C[C@H](F)C4=CC(=O)C=C[C@]4(C)[C@@]3(F)[C@@H](O)C[C@@]21C.CCC(=O)O[C@]1(C(=O)CCl)[C@@H](C)C[C@H]2[C@@H]3C[C@H](F)C4=CC(=O)C=C[C@]4(C)[C@@]3(F)[C@@H](O)C[C@@]21C.CCCCCCCCCCCCCCCC(=O)O. The van der Waals surface area contributed by atoms with Crippen LogP contribution in [0.2, 0.25) is 0 Å². The normalized spacial score (nSPS) is 40.3. The Hall–Kier alpha value is -3.73. The highest BCUT2D eigenvalue weighted by Crippen LogP contribution is 2.74. The number of ether oxygens (including phenoxy) is 2. The Balaban J connectivity index is 0.000000212. The zero-order chi connectivity index (χ0) is 62.6. The molecule has 0 aliphatic heterocycles. The molecule has 18 atom stereocenters. The van der Waals surface area contributed by atoms with Crippen molar-refractivity contribution in [2.24, 2.45) is 57.2 Å². The Morgan fingerprint density at radius 1 is 0.560 bits per heavy atom. The van der Waals surface area contributed by atoms with Crippen molar-refractivity contribution in [2.75, 3.05) is 11.8 Å². The first-order valence-electron chi connectivity index (χ1n) is 31.2. The van der Waals surface area contributed by atoms with Gasteiger partial charge in [0.25, 0.3) is 0 Å². The van der Waals surface area contributed by atoms with Gasteiger partial charge in [0.15, 0.2) is 45.7 Å². The number of carbonyl (C=O) groups is 7. The molecule has 12 nitrogen and oxygen atoms in total. The number of aliphatic hydroxyl groups is 2. The number of carboxylic acid groups (broad SMARTS) is 1. The molecule has 8 aliphatic carbocycles. The molecule has 0 aromatic carbocycles. The van der Waals surface area contributed by atoms with Gasteiger partial charge in [-0.3, -0.25) is 33.6 Å². The van der Waals surface area contributed by atoms with Crippen molar-refractivity contribution in [1.82, 2.24) is 0 Å². The zero-order valence-corrected chi connectivity index (χ0v) is 52.5. The molecule has 0 unspecified atom stereocenters. The number of esters is 2. The predicted octanol–water partition coefficient (Wildman–Crippen LogP) is 13.7. The maximum atomic E-state index is 17.2. The van der Waals surface area contributed by atoms with Gasteiger partial charge in [0.1, 0.15) is 12.3 Å². The third-order valence-electron chi connectivity index (χ3n) is 22.0. The van der Waals surface area contributed by atoms with E-state index in [-0.39, 0.29) is 49.7 Å². The smallest absolute Gasteiger partial charge is 0.306 e. The molecule has 3 N–H and O–H groups in total. The van der Waals surface area contributed by atoms with E-state index in [0.29, 0.717) is 19.3 Å². The van der Waals surface area contributed by atoms with Crippen LogP contribution in [0.5, 0.6) is 0 Å². The summed E-state index contributed by atoms with van der Waals surface area (Å²) in [7, 11) is 0. The summed E-state index contributed by atoms with van der Waals surface area (Å²) in [5.74, 6) is -8.34. The Kier molecular flexibility index (Phi) is 22.6. The van der Waals surface area contributed by atoms with Gasteiger partial charge in [0, 0.05) is 64.6 Å². The summed E-state index contributed by atoms with van der Waals surface area (Å²) in [6.45, 7) is 15.6. The standard InChI is InChI=1S/2C25H31ClF2O5.C16H32O2/c2*1-5-21(32)33-25(20(31)12-26)13(2)8-15-16-10-18(27)17-9-14(29)6-7-22(17,3)24(16,28)19(30)11-23(15,25)4;1-2-3-4-5-6-7-8-9-10-11-12-13-14-15-16(17)18/h2*6-7,9,13,15-16,18-19,30H,5,8,10-12H2,1-4H3;2-15H2,1H3,(H,17,18)/t2*13-,15-,16-,18-,19-,22-,23-,24-,25-;/m00./s1. The van der Waals surface area contributed by atoms with E-state index >= 15 is 17.6 Å². The van der Waals surface area contributed by atoms with Gasteiger partial charge in [-0.15, -0.1) is 23.2 Å². The molecule has 0 radical (unpaired) electrons. The van der Waals surface area contributed by atoms with Crippen molar-refractivity contribution in [1.29, 1.82) is 0 Å². The van der Waals surface area contributed by atoms with Crippen LogP contribution in [0.15, 0.2) is 47.6 Å². The minimum Gasteiger partial charge on any atom is -0.481 e. The fourth-order valence-corrected chi connectivity index (χ4v) is 18.2. The molecule has 472 valence electrons. The zero-order valence-electron chi connectivity index (χ0n) is 51.0. The average molecular weight is 1230 g/mol. The van der Waals surface area contributed by atoms with E-state index in [1.165, 1.54) is 109 Å². The van der Waals surface area contributed by atoms with Gasteiger partial charge in [-0.05, 0) is 106 Å². The summed E-state index contributed by atoms with van der Waals surface area (Å²) in [5, 5.41) is 31.2. The van der Waals surface area contributed by atoms with Gasteiger partial charge in [-0.1, -0.05) is 138 Å². The Labute approximate surface area is 505 Å². The summed E-state index contributed by atoms with van der Waals surface area (Å²) < 4.78 is 77.1. The lowest BCUT2D eigenvalue weighted by atomic mass is 9.44. The molecule has 0 bridgehead atoms. The van der Waals surface area contributed by atoms with Gasteiger partial charge in [-0.25, -0.2) is 17.6 Å². The monoisotopic (exact) mass is 1220 g/mol. The second-order valence-electron chi connectivity index (χ2n) is 26.6. The van der Waals surface area contributed by atoms with Crippen LogP contribution in [-0.2, 0) is 43.0 Å². The first kappa shape index (κ1) is 69.4. The van der Waals surface area contributed by atoms with Crippen molar-refractivity contribution in [3.05, 3.63) is 47.6 Å². The third kappa shape index (κ3) is 11.8. The molecule has 0 amide bonds. The maximum Gasteiger partial charge on any atom is 0.306 e. The first-order chi connectivity index (χ1) is 39.4. The molecule has 6 saturated carbocycles. The van der Waals surface area contributed by atoms with Crippen LogP contribution in [0.4, 0.5) is 17.6 Å². The highest BCUT2D eigenvalue weighted by atomic mass is 35.5. The number of allylic oxidation sites excluding steroid dienone is 8. The summed E-state index contributed by atoms with van der Waals surface area (Å²) in [5.41, 5.74) is -12.9. The highest BCUT2D eigenvalue weighted by molar-refractivity contribution is 6.29. The topological polar surface area (TPSA) is 199 Å². The number of aliphatic carboxylic acids is 1. The quantitative estimate of drug-likeness (QED) is 0.0402. The van der Waals surface area contributed by atoms with Crippen LogP contribution in [0.1, 0.15) is 204 Å². The van der Waals surface area contributed by atoms with Gasteiger partial charge >= 0.3 is 17.9 Å². The second kappa shape index (κ2) is 27.3. The number of ketones is 4. The number of alkyl halides is 6. The fraction of sp³-hybridized carbons (Fsp3) is 0.773. The molecular formula is C66H94Cl2F4O12. The van der Waals surface area contributed by atoms with E-state index in [1.807, 2.05) is 0 Å². The molecule has 8 aliphatic rings. The molecule has 84 heavy (non-hydrogen) atoms. The van der Waals surface area contributed by atoms with E-state index in [4.69, 9.17) is 37.8 Å². The van der Waals surface area contributed by atoms with Crippen molar-refractivity contribution in [3.63, 3.8) is 0 Å². The maximum absolute atomic E-state index is 17.2. The molecule has 0 spiro atoms. The number of unbranched alkanes of at least 4 members (excludes halogenated alkanes) is 12. The number of carboxylic acids is 1. The Bertz CT molecular complexity index is 2440. The molecule has 8 rings (SSSR count). The number of aliphatic hydroxyl groups excluding tert-OH is 2. The number of hydrogen-bond acceptors (Lipinski definition) is 11. The van der Waals surface area contributed by atoms with Crippen LogP contribution >= 0.6 is 23.2 Å². The lowest BCUT2D eigenvalue weighted by molar-refractivity contribution is -0.230. The number of halogens is 6. The van der Waals surface area contributed by atoms with Gasteiger partial charge < -0.3 is 24.8 Å². The molecule has 18 heteroatoms. The fourth-order valence-electron chi connectivity index (χ4n) is 17.8. The average Bonchev–Trinajstić information content (AvgIpc) is 1.37. The third-order valence-corrected chi connectivity index (χ3v) is 22.5. The van der Waals surface area contributed by atoms with Crippen LogP contribution in [-0.4, -0.2) is 115 Å². The van der Waals surface area contributed by atoms with Crippen molar-refractivity contribution in [3.8, 4) is 0 Å². The van der Waals surface area contributed by atoms with E-state index in [9.17, 15) is 43.8 Å². The summed E-state index contributed by atoms with van der Waals surface area (Å²) in [4.78, 5) is 85.6. The van der Waals surface area contributed by atoms with Gasteiger partial charge in [-0.2, -0.15) is 0 Å². The molecule has 0 heterocycles. The number of rotatable bonds is 22. The van der Waals surface area contributed by atoms with E-state index in [0.717, 1.165) is 25.0 Å². The lowest BCUT2D eigenvalue weighted by Crippen LogP contribution is -2.71. The van der Waals surface area contributed by atoms with Gasteiger partial charge in [0.05, 0.1) is 24.0 Å². The largest absolute Gasteiger partial charge is 0.481 e. The molecule has 0 aromatic rings. The summed E-state index contributed by atoms with van der Waals surface area (Å²) >= 11 is 11.9. The number of Topliss-reactive ketones (excluding diaryl/α,β-unsaturated/α-hetero) is 2. The number of fused-ring (bicyclic) bond motifs is 10. The van der Waals surface area contributed by atoms with Crippen molar-refractivity contribution in [2.45, 2.75) is 251 Å². The van der Waals surface area contributed by atoms with Crippen molar-refractivity contribution >= 4 is 64.2 Å². The van der Waals surface area contributed by atoms with E-state index < -0.39 is 157 Å². The lowest BCUT2D eigenvalue weighted by Gasteiger charge is -2.63. The summed E-state index contributed by atoms with van der Waals surface area (Å²) in [6.07, 6.45) is 18.4. The summed E-state index contributed by atoms with van der Waals surface area (Å²) in [6, 6.07) is 0. The molecule has 0 saturated heterocycles. The first-order valence-corrected chi connectivity index (χ1v) is 32.3. The van der Waals surface area contributed by atoms with Crippen LogP contribution in [0, 0.1) is 57.2 Å². The Morgan fingerprint density at radius 3 is 1.20 bits per heavy atom. The van der Waals surface area contributed by atoms with Crippen molar-refractivity contribution < 1.29 is 75.9 Å². The minimum atomic E-state index is -2.25. The van der Waals surface area contributed by atoms with E-state index in [2.05, 4.69) is 6.92 Å². The molecular weight excluding hydrogens is 1130 g/mol. The second-order valence-corrected chi connectivity index (χ2v) is 27.2. The number of hydrogen-bond donors (Lipinski definition) is 3. The highest BCUT2D eigenvalue weighted by Gasteiger charge is 2.80. The number of carbonyl (C=O) groups excluding carboxylic acids is 6. The predicted molar refractivity (Wildman–Crippen MR) is 314 cm³/mol. The van der Waals surface area contributed by atoms with Crippen LogP contribution < -0.4 is 0 Å². The van der Waals surface area contributed by atoms with Crippen LogP contribution in [0.25, 0.3) is 0 Å². The minimum absolute atomic E-state index is 0.0431. The Morgan fingerprint density at radius 2 is 0.893 bits per heavy atom. The van der Waals surface area contributed by atoms with Crippen LogP contribution in [0.3, 0.4) is 0 Å².